The third-order valence-corrected chi connectivity index (χ3v) is 2.25. The van der Waals surface area contributed by atoms with Gasteiger partial charge in [0.05, 0.1) is 5.56 Å². The maximum Gasteiger partial charge on any atom is 0.339 e. The van der Waals surface area contributed by atoms with Crippen molar-refractivity contribution in [3.8, 4) is 12.3 Å². The number of hydrogen-bond acceptors (Lipinski definition) is 2. The van der Waals surface area contributed by atoms with E-state index in [1.807, 2.05) is 20.8 Å². The van der Waals surface area contributed by atoms with E-state index >= 15 is 0 Å². The lowest BCUT2D eigenvalue weighted by molar-refractivity contribution is 0.00693. The summed E-state index contributed by atoms with van der Waals surface area (Å²) in [6.45, 7) is 5.46. The van der Waals surface area contributed by atoms with E-state index in [0.29, 0.717) is 11.1 Å². The van der Waals surface area contributed by atoms with Crippen LogP contribution < -0.4 is 0 Å². The average Bonchev–Trinajstić information content (AvgIpc) is 2.14. The van der Waals surface area contributed by atoms with E-state index in [4.69, 9.17) is 11.2 Å². The molecule has 16 heavy (non-hydrogen) atoms. The number of halogens is 1. The Hall–Kier alpha value is -1.27. The molecule has 0 aliphatic rings. The predicted molar refractivity (Wildman–Crippen MR) is 67.2 cm³/mol. The minimum absolute atomic E-state index is 0.395. The van der Waals surface area contributed by atoms with Crippen molar-refractivity contribution < 1.29 is 9.53 Å². The van der Waals surface area contributed by atoms with E-state index in [9.17, 15) is 4.79 Å². The van der Waals surface area contributed by atoms with Crippen LogP contribution in [0.3, 0.4) is 0 Å². The van der Waals surface area contributed by atoms with E-state index in [1.165, 1.54) is 0 Å². The first-order valence-corrected chi connectivity index (χ1v) is 5.62. The van der Waals surface area contributed by atoms with Gasteiger partial charge in [-0.1, -0.05) is 21.9 Å². The molecule has 3 heteroatoms. The normalized spacial score (nSPS) is 10.7. The third kappa shape index (κ3) is 3.39. The molecule has 0 spiro atoms. The highest BCUT2D eigenvalue weighted by atomic mass is 79.9. The minimum atomic E-state index is -0.518. The van der Waals surface area contributed by atoms with Crippen molar-refractivity contribution >= 4 is 21.9 Å². The van der Waals surface area contributed by atoms with Gasteiger partial charge in [0.25, 0.3) is 0 Å². The van der Waals surface area contributed by atoms with Gasteiger partial charge in [0.15, 0.2) is 0 Å². The first-order chi connectivity index (χ1) is 7.33. The molecule has 84 valence electrons. The summed E-state index contributed by atoms with van der Waals surface area (Å²) >= 11 is 3.30. The molecule has 0 fully saturated rings. The standard InChI is InChI=1S/C13H13BrO2/c1-5-9-8-10(14)6-7-11(9)12(15)16-13(2,3)4/h1,6-8H,2-4H3. The van der Waals surface area contributed by atoms with Crippen LogP contribution in [0.5, 0.6) is 0 Å². The summed E-state index contributed by atoms with van der Waals surface area (Å²) in [4.78, 5) is 11.8. The lowest BCUT2D eigenvalue weighted by atomic mass is 10.1. The summed E-state index contributed by atoms with van der Waals surface area (Å²) < 4.78 is 6.10. The molecule has 0 saturated carbocycles. The van der Waals surface area contributed by atoms with Gasteiger partial charge in [-0.2, -0.15) is 0 Å². The van der Waals surface area contributed by atoms with Gasteiger partial charge in [-0.3, -0.25) is 0 Å². The average molecular weight is 281 g/mol. The summed E-state index contributed by atoms with van der Waals surface area (Å²) in [5.41, 5.74) is 0.431. The zero-order chi connectivity index (χ0) is 12.3. The zero-order valence-electron chi connectivity index (χ0n) is 9.50. The number of benzene rings is 1. The van der Waals surface area contributed by atoms with Crippen LogP contribution in [0.2, 0.25) is 0 Å². The van der Waals surface area contributed by atoms with Crippen LogP contribution >= 0.6 is 15.9 Å². The summed E-state index contributed by atoms with van der Waals surface area (Å²) in [5.74, 6) is 2.08. The van der Waals surface area contributed by atoms with Crippen LogP contribution in [0, 0.1) is 12.3 Å². The Bertz CT molecular complexity index is 450. The lowest BCUT2D eigenvalue weighted by Gasteiger charge is -2.19. The molecule has 0 N–H and O–H groups in total. The predicted octanol–water partition coefficient (Wildman–Crippen LogP) is 3.39. The van der Waals surface area contributed by atoms with Gasteiger partial charge in [-0.15, -0.1) is 6.42 Å². The molecule has 0 heterocycles. The fraction of sp³-hybridized carbons (Fsp3) is 0.308. The molecule has 0 atom stereocenters. The Kier molecular flexibility index (Phi) is 3.77. The number of esters is 1. The summed E-state index contributed by atoms with van der Waals surface area (Å²) in [6.07, 6.45) is 5.34. The molecule has 0 radical (unpaired) electrons. The first kappa shape index (κ1) is 12.8. The van der Waals surface area contributed by atoms with Crippen molar-refractivity contribution in [2.24, 2.45) is 0 Å². The van der Waals surface area contributed by atoms with Crippen molar-refractivity contribution in [3.05, 3.63) is 33.8 Å². The number of rotatable bonds is 1. The molecule has 2 nitrogen and oxygen atoms in total. The Morgan fingerprint density at radius 1 is 1.44 bits per heavy atom. The highest BCUT2D eigenvalue weighted by Crippen LogP contribution is 2.19. The Morgan fingerprint density at radius 3 is 2.56 bits per heavy atom. The quantitative estimate of drug-likeness (QED) is 0.582. The van der Waals surface area contributed by atoms with Crippen LogP contribution in [0.1, 0.15) is 36.7 Å². The van der Waals surface area contributed by atoms with E-state index in [2.05, 4.69) is 21.9 Å². The topological polar surface area (TPSA) is 26.3 Å². The molecule has 0 amide bonds. The van der Waals surface area contributed by atoms with Gasteiger partial charge >= 0.3 is 5.97 Å². The minimum Gasteiger partial charge on any atom is -0.456 e. The number of carbonyl (C=O) groups excluding carboxylic acids is 1. The molecule has 0 aromatic heterocycles. The van der Waals surface area contributed by atoms with Gasteiger partial charge < -0.3 is 4.74 Å². The van der Waals surface area contributed by atoms with Crippen molar-refractivity contribution in [3.63, 3.8) is 0 Å². The molecule has 0 saturated heterocycles. The molecular formula is C13H13BrO2. The number of terminal acetylenes is 1. The fourth-order valence-corrected chi connectivity index (χ4v) is 1.51. The highest BCUT2D eigenvalue weighted by Gasteiger charge is 2.19. The van der Waals surface area contributed by atoms with Crippen molar-refractivity contribution in [2.45, 2.75) is 26.4 Å². The van der Waals surface area contributed by atoms with Crippen LogP contribution in [0.4, 0.5) is 0 Å². The Balaban J connectivity index is 3.06. The maximum atomic E-state index is 11.8. The van der Waals surface area contributed by atoms with Crippen molar-refractivity contribution in [2.75, 3.05) is 0 Å². The number of hydrogen-bond donors (Lipinski definition) is 0. The fourth-order valence-electron chi connectivity index (χ4n) is 1.15. The van der Waals surface area contributed by atoms with Crippen LogP contribution in [0.25, 0.3) is 0 Å². The summed E-state index contributed by atoms with van der Waals surface area (Å²) in [6, 6.07) is 5.15. The summed E-state index contributed by atoms with van der Waals surface area (Å²) in [7, 11) is 0. The number of carbonyl (C=O) groups is 1. The Labute approximate surface area is 104 Å². The molecule has 1 aromatic carbocycles. The van der Waals surface area contributed by atoms with Crippen LogP contribution in [0.15, 0.2) is 22.7 Å². The van der Waals surface area contributed by atoms with Crippen LogP contribution in [-0.2, 0) is 4.74 Å². The van der Waals surface area contributed by atoms with Crippen LogP contribution in [-0.4, -0.2) is 11.6 Å². The van der Waals surface area contributed by atoms with Gasteiger partial charge in [-0.25, -0.2) is 4.79 Å². The monoisotopic (exact) mass is 280 g/mol. The zero-order valence-corrected chi connectivity index (χ0v) is 11.1. The highest BCUT2D eigenvalue weighted by molar-refractivity contribution is 9.10. The molecule has 1 aromatic rings. The first-order valence-electron chi connectivity index (χ1n) is 4.83. The second kappa shape index (κ2) is 4.71. The van der Waals surface area contributed by atoms with E-state index in [1.54, 1.807) is 18.2 Å². The van der Waals surface area contributed by atoms with Crippen molar-refractivity contribution in [1.29, 1.82) is 0 Å². The molecular weight excluding hydrogens is 268 g/mol. The maximum absolute atomic E-state index is 11.8. The summed E-state index contributed by atoms with van der Waals surface area (Å²) in [5, 5.41) is 0. The van der Waals surface area contributed by atoms with Gasteiger partial charge in [-0.05, 0) is 39.0 Å². The molecule has 0 aliphatic heterocycles. The van der Waals surface area contributed by atoms with Crippen molar-refractivity contribution in [1.82, 2.24) is 0 Å². The largest absolute Gasteiger partial charge is 0.456 e. The second-order valence-corrected chi connectivity index (χ2v) is 5.25. The number of ether oxygens (including phenoxy) is 1. The molecule has 0 bridgehead atoms. The van der Waals surface area contributed by atoms with Gasteiger partial charge in [0.2, 0.25) is 0 Å². The van der Waals surface area contributed by atoms with Gasteiger partial charge in [0, 0.05) is 10.0 Å². The third-order valence-electron chi connectivity index (χ3n) is 1.76. The molecule has 0 unspecified atom stereocenters. The van der Waals surface area contributed by atoms with E-state index in [0.717, 1.165) is 4.47 Å². The smallest absolute Gasteiger partial charge is 0.339 e. The Morgan fingerprint density at radius 2 is 2.06 bits per heavy atom. The SMILES string of the molecule is C#Cc1cc(Br)ccc1C(=O)OC(C)(C)C. The van der Waals surface area contributed by atoms with E-state index < -0.39 is 11.6 Å². The lowest BCUT2D eigenvalue weighted by Crippen LogP contribution is -2.24. The van der Waals surface area contributed by atoms with E-state index in [-0.39, 0.29) is 0 Å². The molecule has 0 aliphatic carbocycles. The second-order valence-electron chi connectivity index (χ2n) is 4.34. The van der Waals surface area contributed by atoms with Gasteiger partial charge in [0.1, 0.15) is 5.60 Å². The molecule has 1 rings (SSSR count).